The molecule has 0 fully saturated rings. The number of primary amides is 1. The van der Waals surface area contributed by atoms with Crippen molar-refractivity contribution in [3.05, 3.63) is 0 Å². The van der Waals surface area contributed by atoms with E-state index in [1.165, 1.54) is 13.8 Å². The van der Waals surface area contributed by atoms with Gasteiger partial charge in [-0.15, -0.1) is 0 Å². The molecule has 0 aromatic rings. The molecule has 2 atom stereocenters. The van der Waals surface area contributed by atoms with Gasteiger partial charge in [-0.25, -0.2) is 0 Å². The number of rotatable bonds is 7. The summed E-state index contributed by atoms with van der Waals surface area (Å²) in [5.74, 6) is -2.14. The third kappa shape index (κ3) is 6.72. The summed E-state index contributed by atoms with van der Waals surface area (Å²) in [5, 5.41) is 7.18. The molecular formula is C12H22N4O4. The lowest BCUT2D eigenvalue weighted by Gasteiger charge is -2.21. The van der Waals surface area contributed by atoms with E-state index in [2.05, 4.69) is 16.0 Å². The van der Waals surface area contributed by atoms with Crippen LogP contribution in [0.25, 0.3) is 0 Å². The fourth-order valence-electron chi connectivity index (χ4n) is 1.41. The van der Waals surface area contributed by atoms with Crippen molar-refractivity contribution in [2.24, 2.45) is 11.7 Å². The summed E-state index contributed by atoms with van der Waals surface area (Å²) in [5.41, 5.74) is 5.18. The Morgan fingerprint density at radius 2 is 1.60 bits per heavy atom. The Hall–Kier alpha value is -2.12. The molecule has 8 heteroatoms. The van der Waals surface area contributed by atoms with Gasteiger partial charge in [0.15, 0.2) is 0 Å². The second-order valence-electron chi connectivity index (χ2n) is 4.83. The molecule has 0 aliphatic heterocycles. The first-order chi connectivity index (χ1) is 9.15. The normalized spacial score (nSPS) is 13.2. The van der Waals surface area contributed by atoms with E-state index in [0.717, 1.165) is 0 Å². The van der Waals surface area contributed by atoms with Gasteiger partial charge in [0.25, 0.3) is 0 Å². The van der Waals surface area contributed by atoms with Gasteiger partial charge >= 0.3 is 0 Å². The fourth-order valence-corrected chi connectivity index (χ4v) is 1.41. The molecule has 20 heavy (non-hydrogen) atoms. The van der Waals surface area contributed by atoms with E-state index in [1.807, 2.05) is 0 Å². The fraction of sp³-hybridized carbons (Fsp3) is 0.667. The Bertz CT molecular complexity index is 395. The van der Waals surface area contributed by atoms with Gasteiger partial charge in [-0.05, 0) is 12.8 Å². The molecule has 8 nitrogen and oxygen atoms in total. The maximum atomic E-state index is 11.8. The van der Waals surface area contributed by atoms with E-state index in [9.17, 15) is 19.2 Å². The number of carbonyl (C=O) groups is 4. The van der Waals surface area contributed by atoms with Crippen LogP contribution in [-0.4, -0.2) is 42.3 Å². The first-order valence-corrected chi connectivity index (χ1v) is 6.28. The molecule has 0 saturated carbocycles. The van der Waals surface area contributed by atoms with Gasteiger partial charge in [0.1, 0.15) is 12.1 Å². The van der Waals surface area contributed by atoms with Gasteiger partial charge in [-0.1, -0.05) is 13.8 Å². The Kier molecular flexibility index (Phi) is 7.27. The standard InChI is InChI=1S/C12H22N4O4/c1-6(2)10(11(13)19)16-12(20)7(3)15-9(18)5-14-8(4)17/h6-7,10H,5H2,1-4H3,(H2,13,19)(H,14,17)(H,15,18)(H,16,20). The highest BCUT2D eigenvalue weighted by Crippen LogP contribution is 2.01. The van der Waals surface area contributed by atoms with Crippen LogP contribution in [0.3, 0.4) is 0 Å². The molecule has 0 aliphatic rings. The minimum atomic E-state index is -0.836. The minimum absolute atomic E-state index is 0.154. The number of hydrogen-bond donors (Lipinski definition) is 4. The number of nitrogens with two attached hydrogens (primary N) is 1. The van der Waals surface area contributed by atoms with Crippen LogP contribution in [0.2, 0.25) is 0 Å². The van der Waals surface area contributed by atoms with Crippen LogP contribution in [0, 0.1) is 5.92 Å². The Balaban J connectivity index is 4.37. The van der Waals surface area contributed by atoms with E-state index < -0.39 is 29.8 Å². The van der Waals surface area contributed by atoms with Gasteiger partial charge < -0.3 is 21.7 Å². The monoisotopic (exact) mass is 286 g/mol. The van der Waals surface area contributed by atoms with Crippen molar-refractivity contribution in [1.29, 1.82) is 0 Å². The molecule has 2 unspecified atom stereocenters. The maximum Gasteiger partial charge on any atom is 0.242 e. The molecule has 0 bridgehead atoms. The van der Waals surface area contributed by atoms with Crippen LogP contribution in [0.5, 0.6) is 0 Å². The molecule has 0 heterocycles. The summed E-state index contributed by atoms with van der Waals surface area (Å²) in [7, 11) is 0. The summed E-state index contributed by atoms with van der Waals surface area (Å²) < 4.78 is 0. The quantitative estimate of drug-likeness (QED) is 0.442. The predicted octanol–water partition coefficient (Wildman–Crippen LogP) is -1.75. The van der Waals surface area contributed by atoms with Crippen molar-refractivity contribution in [2.45, 2.75) is 39.8 Å². The highest BCUT2D eigenvalue weighted by Gasteiger charge is 2.24. The lowest BCUT2D eigenvalue weighted by molar-refractivity contribution is -0.131. The van der Waals surface area contributed by atoms with E-state index in [0.29, 0.717) is 0 Å². The average Bonchev–Trinajstić information content (AvgIpc) is 2.32. The summed E-state index contributed by atoms with van der Waals surface area (Å²) >= 11 is 0. The Labute approximate surface area is 117 Å². The molecule has 0 rings (SSSR count). The average molecular weight is 286 g/mol. The summed E-state index contributed by atoms with van der Waals surface area (Å²) in [6, 6.07) is -1.63. The van der Waals surface area contributed by atoms with Crippen molar-refractivity contribution in [1.82, 2.24) is 16.0 Å². The number of nitrogens with one attached hydrogen (secondary N) is 3. The lowest BCUT2D eigenvalue weighted by Crippen LogP contribution is -2.54. The zero-order valence-corrected chi connectivity index (χ0v) is 12.1. The number of carbonyl (C=O) groups excluding carboxylic acids is 4. The SMILES string of the molecule is CC(=O)NCC(=O)NC(C)C(=O)NC(C(N)=O)C(C)C. The van der Waals surface area contributed by atoms with Gasteiger partial charge in [0.05, 0.1) is 6.54 Å². The zero-order valence-electron chi connectivity index (χ0n) is 12.1. The summed E-state index contributed by atoms with van der Waals surface area (Å²) in [6.45, 7) is 6.03. The summed E-state index contributed by atoms with van der Waals surface area (Å²) in [4.78, 5) is 45.0. The van der Waals surface area contributed by atoms with Crippen molar-refractivity contribution in [2.75, 3.05) is 6.54 Å². The van der Waals surface area contributed by atoms with E-state index in [1.54, 1.807) is 13.8 Å². The van der Waals surface area contributed by atoms with Gasteiger partial charge in [-0.3, -0.25) is 19.2 Å². The molecule has 0 spiro atoms. The van der Waals surface area contributed by atoms with Crippen molar-refractivity contribution in [3.8, 4) is 0 Å². The molecular weight excluding hydrogens is 264 g/mol. The molecule has 0 aromatic carbocycles. The highest BCUT2D eigenvalue weighted by atomic mass is 16.2. The first kappa shape index (κ1) is 17.9. The molecule has 5 N–H and O–H groups in total. The van der Waals surface area contributed by atoms with Crippen LogP contribution in [0.15, 0.2) is 0 Å². The lowest BCUT2D eigenvalue weighted by atomic mass is 10.0. The third-order valence-electron chi connectivity index (χ3n) is 2.54. The Morgan fingerprint density at radius 1 is 1.05 bits per heavy atom. The van der Waals surface area contributed by atoms with E-state index in [4.69, 9.17) is 5.73 Å². The second-order valence-corrected chi connectivity index (χ2v) is 4.83. The van der Waals surface area contributed by atoms with Gasteiger partial charge in [0, 0.05) is 6.92 Å². The molecule has 0 radical (unpaired) electrons. The molecule has 4 amide bonds. The molecule has 0 aromatic heterocycles. The van der Waals surface area contributed by atoms with Crippen LogP contribution >= 0.6 is 0 Å². The van der Waals surface area contributed by atoms with Crippen LogP contribution in [-0.2, 0) is 19.2 Å². The molecule has 114 valence electrons. The highest BCUT2D eigenvalue weighted by molar-refractivity contribution is 5.92. The molecule has 0 saturated heterocycles. The maximum absolute atomic E-state index is 11.8. The Morgan fingerprint density at radius 3 is 2.00 bits per heavy atom. The molecule has 0 aliphatic carbocycles. The summed E-state index contributed by atoms with van der Waals surface area (Å²) in [6.07, 6.45) is 0. The predicted molar refractivity (Wildman–Crippen MR) is 72.3 cm³/mol. The van der Waals surface area contributed by atoms with Gasteiger partial charge in [-0.2, -0.15) is 0 Å². The van der Waals surface area contributed by atoms with Gasteiger partial charge in [0.2, 0.25) is 23.6 Å². The zero-order chi connectivity index (χ0) is 15.9. The van der Waals surface area contributed by atoms with E-state index in [-0.39, 0.29) is 18.4 Å². The van der Waals surface area contributed by atoms with Crippen LogP contribution < -0.4 is 21.7 Å². The number of amides is 4. The number of hydrogen-bond acceptors (Lipinski definition) is 4. The topological polar surface area (TPSA) is 130 Å². The minimum Gasteiger partial charge on any atom is -0.368 e. The van der Waals surface area contributed by atoms with E-state index >= 15 is 0 Å². The van der Waals surface area contributed by atoms with Crippen molar-refractivity contribution in [3.63, 3.8) is 0 Å². The van der Waals surface area contributed by atoms with Crippen molar-refractivity contribution >= 4 is 23.6 Å². The first-order valence-electron chi connectivity index (χ1n) is 6.28. The largest absolute Gasteiger partial charge is 0.368 e. The van der Waals surface area contributed by atoms with Crippen molar-refractivity contribution < 1.29 is 19.2 Å². The smallest absolute Gasteiger partial charge is 0.242 e. The third-order valence-corrected chi connectivity index (χ3v) is 2.54. The van der Waals surface area contributed by atoms with Crippen LogP contribution in [0.4, 0.5) is 0 Å². The second kappa shape index (κ2) is 8.13. The van der Waals surface area contributed by atoms with Crippen LogP contribution in [0.1, 0.15) is 27.7 Å².